The van der Waals surface area contributed by atoms with E-state index in [0.29, 0.717) is 37.7 Å². The van der Waals surface area contributed by atoms with E-state index in [0.717, 1.165) is 4.88 Å². The van der Waals surface area contributed by atoms with E-state index in [4.69, 9.17) is 9.84 Å². The molecular weight excluding hydrogens is 280 g/mol. The SMILES string of the molecule is CCNC(=O)C1COCCN1Cc1ccc(C(=O)O)s1. The smallest absolute Gasteiger partial charge is 0.345 e. The Morgan fingerprint density at radius 3 is 3.00 bits per heavy atom. The average Bonchev–Trinajstić information content (AvgIpc) is 2.88. The van der Waals surface area contributed by atoms with Crippen LogP contribution in [0.3, 0.4) is 0 Å². The first-order chi connectivity index (χ1) is 9.61. The summed E-state index contributed by atoms with van der Waals surface area (Å²) in [4.78, 5) is 26.2. The molecule has 7 heteroatoms. The number of ether oxygens (including phenoxy) is 1. The summed E-state index contributed by atoms with van der Waals surface area (Å²) >= 11 is 1.25. The molecule has 20 heavy (non-hydrogen) atoms. The summed E-state index contributed by atoms with van der Waals surface area (Å²) in [6.07, 6.45) is 0. The van der Waals surface area contributed by atoms with E-state index in [-0.39, 0.29) is 11.9 Å². The van der Waals surface area contributed by atoms with E-state index >= 15 is 0 Å². The summed E-state index contributed by atoms with van der Waals surface area (Å²) in [5.41, 5.74) is 0. The van der Waals surface area contributed by atoms with Crippen LogP contribution in [0, 0.1) is 0 Å². The quantitative estimate of drug-likeness (QED) is 0.840. The lowest BCUT2D eigenvalue weighted by atomic mass is 10.2. The second-order valence-electron chi connectivity index (χ2n) is 4.53. The first kappa shape index (κ1) is 15.0. The number of carboxylic acids is 1. The molecule has 2 N–H and O–H groups in total. The van der Waals surface area contributed by atoms with Crippen molar-refractivity contribution in [3.05, 3.63) is 21.9 Å². The molecule has 2 heterocycles. The summed E-state index contributed by atoms with van der Waals surface area (Å²) in [6.45, 7) is 4.68. The van der Waals surface area contributed by atoms with Crippen LogP contribution < -0.4 is 5.32 Å². The molecule has 1 saturated heterocycles. The predicted octanol–water partition coefficient (Wildman–Crippen LogP) is 0.783. The predicted molar refractivity (Wildman–Crippen MR) is 75.0 cm³/mol. The Balaban J connectivity index is 2.04. The molecule has 2 rings (SSSR count). The van der Waals surface area contributed by atoms with E-state index in [2.05, 4.69) is 5.32 Å². The fraction of sp³-hybridized carbons (Fsp3) is 0.538. The van der Waals surface area contributed by atoms with Gasteiger partial charge in [-0.2, -0.15) is 0 Å². The van der Waals surface area contributed by atoms with Crippen molar-refractivity contribution in [1.82, 2.24) is 10.2 Å². The number of carbonyl (C=O) groups is 2. The molecule has 110 valence electrons. The van der Waals surface area contributed by atoms with E-state index in [1.165, 1.54) is 11.3 Å². The number of hydrogen-bond acceptors (Lipinski definition) is 5. The molecule has 0 saturated carbocycles. The maximum Gasteiger partial charge on any atom is 0.345 e. The molecule has 0 bridgehead atoms. The molecule has 0 spiro atoms. The number of likely N-dealkylation sites (N-methyl/N-ethyl adjacent to an activating group) is 1. The lowest BCUT2D eigenvalue weighted by Crippen LogP contribution is -2.53. The molecular formula is C13H18N2O4S. The second kappa shape index (κ2) is 6.83. The highest BCUT2D eigenvalue weighted by molar-refractivity contribution is 7.13. The Bertz CT molecular complexity index is 488. The third kappa shape index (κ3) is 3.56. The number of aromatic carboxylic acids is 1. The van der Waals surface area contributed by atoms with Gasteiger partial charge in [-0.1, -0.05) is 0 Å². The summed E-state index contributed by atoms with van der Waals surface area (Å²) < 4.78 is 5.37. The van der Waals surface area contributed by atoms with Crippen LogP contribution in [0.5, 0.6) is 0 Å². The van der Waals surface area contributed by atoms with Crippen molar-refractivity contribution in [3.63, 3.8) is 0 Å². The summed E-state index contributed by atoms with van der Waals surface area (Å²) in [5, 5.41) is 11.7. The van der Waals surface area contributed by atoms with Gasteiger partial charge in [0.1, 0.15) is 10.9 Å². The molecule has 1 unspecified atom stereocenters. The van der Waals surface area contributed by atoms with E-state index in [1.807, 2.05) is 11.8 Å². The van der Waals surface area contributed by atoms with Crippen LogP contribution in [0.25, 0.3) is 0 Å². The molecule has 1 fully saturated rings. The average molecular weight is 298 g/mol. The standard InChI is InChI=1S/C13H18N2O4S/c1-2-14-12(16)10-8-19-6-5-15(10)7-9-3-4-11(20-9)13(17)18/h3-4,10H,2,5-8H2,1H3,(H,14,16)(H,17,18). The molecule has 1 aromatic heterocycles. The van der Waals surface area contributed by atoms with Crippen LogP contribution in [-0.4, -0.2) is 54.2 Å². The Morgan fingerprint density at radius 1 is 1.55 bits per heavy atom. The van der Waals surface area contributed by atoms with Crippen molar-refractivity contribution < 1.29 is 19.4 Å². The highest BCUT2D eigenvalue weighted by Gasteiger charge is 2.29. The van der Waals surface area contributed by atoms with Crippen LogP contribution in [-0.2, 0) is 16.1 Å². The van der Waals surface area contributed by atoms with Gasteiger partial charge in [-0.05, 0) is 19.1 Å². The van der Waals surface area contributed by atoms with Crippen molar-refractivity contribution in [2.24, 2.45) is 0 Å². The van der Waals surface area contributed by atoms with Gasteiger partial charge in [0, 0.05) is 24.5 Å². The van der Waals surface area contributed by atoms with Crippen LogP contribution in [0.4, 0.5) is 0 Å². The maximum absolute atomic E-state index is 12.0. The fourth-order valence-electron chi connectivity index (χ4n) is 2.14. The molecule has 0 aliphatic carbocycles. The van der Waals surface area contributed by atoms with Gasteiger partial charge in [-0.3, -0.25) is 9.69 Å². The zero-order valence-electron chi connectivity index (χ0n) is 11.3. The minimum atomic E-state index is -0.913. The third-order valence-electron chi connectivity index (χ3n) is 3.12. The molecule has 0 radical (unpaired) electrons. The normalized spacial score (nSPS) is 19.8. The number of nitrogens with zero attached hydrogens (tertiary/aromatic N) is 1. The van der Waals surface area contributed by atoms with Crippen LogP contribution in [0.1, 0.15) is 21.5 Å². The Hall–Kier alpha value is -1.44. The van der Waals surface area contributed by atoms with E-state index in [1.54, 1.807) is 12.1 Å². The van der Waals surface area contributed by atoms with Gasteiger partial charge in [0.05, 0.1) is 13.2 Å². The number of carbonyl (C=O) groups excluding carboxylic acids is 1. The zero-order valence-corrected chi connectivity index (χ0v) is 12.1. The van der Waals surface area contributed by atoms with Gasteiger partial charge in [0.25, 0.3) is 0 Å². The van der Waals surface area contributed by atoms with Gasteiger partial charge in [0.15, 0.2) is 0 Å². The topological polar surface area (TPSA) is 78.9 Å². The highest BCUT2D eigenvalue weighted by atomic mass is 32.1. The number of rotatable bonds is 5. The van der Waals surface area contributed by atoms with E-state index in [9.17, 15) is 9.59 Å². The molecule has 0 aromatic carbocycles. The number of thiophene rings is 1. The van der Waals surface area contributed by atoms with E-state index < -0.39 is 5.97 Å². The highest BCUT2D eigenvalue weighted by Crippen LogP contribution is 2.20. The Labute approximate surface area is 121 Å². The van der Waals surface area contributed by atoms with Crippen molar-refractivity contribution in [2.45, 2.75) is 19.5 Å². The molecule has 1 amide bonds. The molecule has 1 aromatic rings. The van der Waals surface area contributed by atoms with Crippen molar-refractivity contribution in [2.75, 3.05) is 26.3 Å². The number of morpholine rings is 1. The number of hydrogen-bond donors (Lipinski definition) is 2. The number of carboxylic acid groups (broad SMARTS) is 1. The van der Waals surface area contributed by atoms with Crippen LogP contribution >= 0.6 is 11.3 Å². The van der Waals surface area contributed by atoms with Gasteiger partial charge < -0.3 is 15.2 Å². The monoisotopic (exact) mass is 298 g/mol. The molecule has 6 nitrogen and oxygen atoms in total. The minimum Gasteiger partial charge on any atom is -0.477 e. The molecule has 1 aliphatic heterocycles. The third-order valence-corrected chi connectivity index (χ3v) is 4.18. The minimum absolute atomic E-state index is 0.0396. The largest absolute Gasteiger partial charge is 0.477 e. The van der Waals surface area contributed by atoms with Crippen LogP contribution in [0.15, 0.2) is 12.1 Å². The first-order valence-corrected chi connectivity index (χ1v) is 7.35. The fourth-order valence-corrected chi connectivity index (χ4v) is 3.01. The lowest BCUT2D eigenvalue weighted by Gasteiger charge is -2.34. The van der Waals surface area contributed by atoms with Crippen molar-refractivity contribution >= 4 is 23.2 Å². The lowest BCUT2D eigenvalue weighted by molar-refractivity contribution is -0.132. The Morgan fingerprint density at radius 2 is 2.35 bits per heavy atom. The zero-order chi connectivity index (χ0) is 14.5. The molecule has 1 atom stereocenters. The van der Waals surface area contributed by atoms with Crippen molar-refractivity contribution in [1.29, 1.82) is 0 Å². The second-order valence-corrected chi connectivity index (χ2v) is 5.70. The van der Waals surface area contributed by atoms with Crippen LogP contribution in [0.2, 0.25) is 0 Å². The maximum atomic E-state index is 12.0. The summed E-state index contributed by atoms with van der Waals surface area (Å²) in [7, 11) is 0. The van der Waals surface area contributed by atoms with Crippen molar-refractivity contribution in [3.8, 4) is 0 Å². The summed E-state index contributed by atoms with van der Waals surface area (Å²) in [5.74, 6) is -0.953. The van der Waals surface area contributed by atoms with Gasteiger partial charge in [-0.15, -0.1) is 11.3 Å². The van der Waals surface area contributed by atoms with Gasteiger partial charge in [-0.25, -0.2) is 4.79 Å². The summed E-state index contributed by atoms with van der Waals surface area (Å²) in [6, 6.07) is 3.10. The van der Waals surface area contributed by atoms with Gasteiger partial charge >= 0.3 is 5.97 Å². The number of nitrogens with one attached hydrogen (secondary N) is 1. The van der Waals surface area contributed by atoms with Gasteiger partial charge in [0.2, 0.25) is 5.91 Å². The Kier molecular flexibility index (Phi) is 5.11. The molecule has 1 aliphatic rings. The number of amides is 1. The first-order valence-electron chi connectivity index (χ1n) is 6.53.